The number of hydrogen-bond acceptors (Lipinski definition) is 3. The Kier molecular flexibility index (Phi) is 2.33. The van der Waals surface area contributed by atoms with Crippen molar-refractivity contribution >= 4 is 5.78 Å². The van der Waals surface area contributed by atoms with Gasteiger partial charge < -0.3 is 9.84 Å². The first-order valence-corrected chi connectivity index (χ1v) is 5.78. The highest BCUT2D eigenvalue weighted by molar-refractivity contribution is 6.01. The fraction of sp³-hybridized carbons (Fsp3) is 0.133. The first-order chi connectivity index (χ1) is 8.65. The van der Waals surface area contributed by atoms with Crippen LogP contribution in [-0.2, 0) is 6.42 Å². The van der Waals surface area contributed by atoms with Gasteiger partial charge in [-0.3, -0.25) is 4.79 Å². The highest BCUT2D eigenvalue weighted by atomic mass is 16.5. The van der Waals surface area contributed by atoms with Crippen LogP contribution < -0.4 is 4.74 Å². The van der Waals surface area contributed by atoms with Crippen molar-refractivity contribution in [1.82, 2.24) is 0 Å². The molecule has 18 heavy (non-hydrogen) atoms. The molecule has 0 spiro atoms. The van der Waals surface area contributed by atoms with Crippen molar-refractivity contribution in [2.75, 3.05) is 0 Å². The van der Waals surface area contributed by atoms with Gasteiger partial charge in [-0.1, -0.05) is 18.2 Å². The molecule has 0 atom stereocenters. The van der Waals surface area contributed by atoms with Crippen LogP contribution in [-0.4, -0.2) is 10.9 Å². The van der Waals surface area contributed by atoms with Gasteiger partial charge in [0.15, 0.2) is 5.78 Å². The molecule has 0 bridgehead atoms. The lowest BCUT2D eigenvalue weighted by Crippen LogP contribution is -2.02. The number of carbonyl (C=O) groups excluding carboxylic acids is 1. The molecule has 0 unspecified atom stereocenters. The third kappa shape index (κ3) is 1.64. The lowest BCUT2D eigenvalue weighted by Gasteiger charge is -2.09. The number of aromatic hydroxyl groups is 1. The number of para-hydroxylation sites is 1. The molecule has 3 nitrogen and oxygen atoms in total. The van der Waals surface area contributed by atoms with E-state index in [1.54, 1.807) is 13.0 Å². The molecule has 1 N–H and O–H groups in total. The van der Waals surface area contributed by atoms with E-state index in [0.29, 0.717) is 29.0 Å². The molecule has 1 aliphatic heterocycles. The molecule has 0 saturated heterocycles. The first-order valence-electron chi connectivity index (χ1n) is 5.78. The Morgan fingerprint density at radius 1 is 1.17 bits per heavy atom. The maximum absolute atomic E-state index is 12.2. The van der Waals surface area contributed by atoms with Gasteiger partial charge in [-0.25, -0.2) is 0 Å². The second-order valence-corrected chi connectivity index (χ2v) is 4.44. The van der Waals surface area contributed by atoms with Crippen LogP contribution in [0.2, 0.25) is 0 Å². The van der Waals surface area contributed by atoms with Gasteiger partial charge in [0.2, 0.25) is 0 Å². The van der Waals surface area contributed by atoms with Gasteiger partial charge in [0.1, 0.15) is 17.2 Å². The van der Waals surface area contributed by atoms with Crippen LogP contribution in [0.25, 0.3) is 0 Å². The summed E-state index contributed by atoms with van der Waals surface area (Å²) in [5.74, 6) is 1.25. The number of carbonyl (C=O) groups is 1. The van der Waals surface area contributed by atoms with Crippen molar-refractivity contribution in [3.63, 3.8) is 0 Å². The Balaban J connectivity index is 2.20. The van der Waals surface area contributed by atoms with Crippen molar-refractivity contribution < 1.29 is 14.6 Å². The summed E-state index contributed by atoms with van der Waals surface area (Å²) >= 11 is 0. The number of benzene rings is 2. The van der Waals surface area contributed by atoms with Crippen LogP contribution in [0.1, 0.15) is 21.5 Å². The van der Waals surface area contributed by atoms with Crippen molar-refractivity contribution in [1.29, 1.82) is 0 Å². The summed E-state index contributed by atoms with van der Waals surface area (Å²) in [5, 5.41) is 9.71. The Morgan fingerprint density at radius 2 is 1.94 bits per heavy atom. The molecule has 0 fully saturated rings. The smallest absolute Gasteiger partial charge is 0.171 e. The highest BCUT2D eigenvalue weighted by Crippen LogP contribution is 2.36. The molecule has 0 amide bonds. The minimum absolute atomic E-state index is 0.0121. The molecule has 0 saturated carbocycles. The zero-order valence-electron chi connectivity index (χ0n) is 9.93. The average Bonchev–Trinajstić information content (AvgIpc) is 2.47. The third-order valence-corrected chi connectivity index (χ3v) is 3.14. The first kappa shape index (κ1) is 10.8. The molecular formula is C15H12O3. The number of ether oxygens (including phenoxy) is 1. The third-order valence-electron chi connectivity index (χ3n) is 3.14. The standard InChI is InChI=1S/C15H12O3/c1-9-6-11-13(17)7-10-4-2-3-5-14(10)18-15(11)8-12(9)16/h2-6,8,16H,7H2,1H3. The lowest BCUT2D eigenvalue weighted by molar-refractivity contribution is 0.0993. The van der Waals surface area contributed by atoms with E-state index in [2.05, 4.69) is 0 Å². The second kappa shape index (κ2) is 3.88. The minimum Gasteiger partial charge on any atom is -0.508 e. The maximum Gasteiger partial charge on any atom is 0.171 e. The summed E-state index contributed by atoms with van der Waals surface area (Å²) in [4.78, 5) is 12.2. The second-order valence-electron chi connectivity index (χ2n) is 4.44. The average molecular weight is 240 g/mol. The molecule has 3 rings (SSSR count). The number of phenols is 1. The van der Waals surface area contributed by atoms with Gasteiger partial charge in [-0.05, 0) is 24.6 Å². The summed E-state index contributed by atoms with van der Waals surface area (Å²) < 4.78 is 5.73. The largest absolute Gasteiger partial charge is 0.508 e. The van der Waals surface area contributed by atoms with Crippen LogP contribution in [0, 0.1) is 6.92 Å². The number of aryl methyl sites for hydroxylation is 1. The SMILES string of the molecule is Cc1cc2c(cc1O)Oc1ccccc1CC2=O. The predicted octanol–water partition coefficient (Wildman–Crippen LogP) is 3.23. The van der Waals surface area contributed by atoms with Crippen LogP contribution in [0.4, 0.5) is 0 Å². The van der Waals surface area contributed by atoms with E-state index in [4.69, 9.17) is 4.74 Å². The lowest BCUT2D eigenvalue weighted by atomic mass is 10.0. The molecule has 1 aliphatic rings. The Morgan fingerprint density at radius 3 is 2.78 bits per heavy atom. The van der Waals surface area contributed by atoms with E-state index >= 15 is 0 Å². The van der Waals surface area contributed by atoms with Gasteiger partial charge in [-0.15, -0.1) is 0 Å². The van der Waals surface area contributed by atoms with Crippen LogP contribution in [0.15, 0.2) is 36.4 Å². The number of Topliss-reactive ketones (excluding diaryl/α,β-unsaturated/α-hetero) is 1. The molecule has 1 heterocycles. The minimum atomic E-state index is 0.0121. The van der Waals surface area contributed by atoms with E-state index in [0.717, 1.165) is 5.56 Å². The van der Waals surface area contributed by atoms with Crippen LogP contribution in [0.3, 0.4) is 0 Å². The molecule has 0 aromatic heterocycles. The number of phenolic OH excluding ortho intramolecular Hbond substituents is 1. The van der Waals surface area contributed by atoms with Crippen molar-refractivity contribution in [3.05, 3.63) is 53.1 Å². The molecule has 90 valence electrons. The van der Waals surface area contributed by atoms with Gasteiger partial charge in [-0.2, -0.15) is 0 Å². The monoisotopic (exact) mass is 240 g/mol. The molecule has 0 radical (unpaired) electrons. The number of fused-ring (bicyclic) bond motifs is 2. The Bertz CT molecular complexity index is 644. The van der Waals surface area contributed by atoms with Crippen molar-refractivity contribution in [3.8, 4) is 17.2 Å². The van der Waals surface area contributed by atoms with Gasteiger partial charge in [0.05, 0.1) is 5.56 Å². The number of rotatable bonds is 0. The summed E-state index contributed by atoms with van der Waals surface area (Å²) in [5.41, 5.74) is 2.08. The highest BCUT2D eigenvalue weighted by Gasteiger charge is 2.22. The van der Waals surface area contributed by atoms with Gasteiger partial charge in [0, 0.05) is 18.1 Å². The number of hydrogen-bond donors (Lipinski definition) is 1. The molecule has 2 aromatic carbocycles. The van der Waals surface area contributed by atoms with Gasteiger partial charge >= 0.3 is 0 Å². The molecular weight excluding hydrogens is 228 g/mol. The topological polar surface area (TPSA) is 46.5 Å². The normalized spacial score (nSPS) is 13.3. The summed E-state index contributed by atoms with van der Waals surface area (Å²) in [7, 11) is 0. The quantitative estimate of drug-likeness (QED) is 0.769. The maximum atomic E-state index is 12.2. The summed E-state index contributed by atoms with van der Waals surface area (Å²) in [6.45, 7) is 1.76. The summed E-state index contributed by atoms with van der Waals surface area (Å²) in [6, 6.07) is 10.6. The van der Waals surface area contributed by atoms with Crippen molar-refractivity contribution in [2.45, 2.75) is 13.3 Å². The fourth-order valence-electron chi connectivity index (χ4n) is 2.12. The fourth-order valence-corrected chi connectivity index (χ4v) is 2.12. The Labute approximate surface area is 105 Å². The molecule has 0 aliphatic carbocycles. The zero-order chi connectivity index (χ0) is 12.7. The molecule has 3 heteroatoms. The van der Waals surface area contributed by atoms with E-state index < -0.39 is 0 Å². The van der Waals surface area contributed by atoms with Crippen molar-refractivity contribution in [2.24, 2.45) is 0 Å². The molecule has 2 aromatic rings. The van der Waals surface area contributed by atoms with E-state index in [1.165, 1.54) is 6.07 Å². The zero-order valence-corrected chi connectivity index (χ0v) is 9.93. The van der Waals surface area contributed by atoms with E-state index in [1.807, 2.05) is 24.3 Å². The van der Waals surface area contributed by atoms with E-state index in [9.17, 15) is 9.90 Å². The summed E-state index contributed by atoms with van der Waals surface area (Å²) in [6.07, 6.45) is 0.327. The Hall–Kier alpha value is -2.29. The van der Waals surface area contributed by atoms with E-state index in [-0.39, 0.29) is 11.5 Å². The number of ketones is 1. The van der Waals surface area contributed by atoms with Crippen LogP contribution >= 0.6 is 0 Å². The predicted molar refractivity (Wildman–Crippen MR) is 67.4 cm³/mol. The van der Waals surface area contributed by atoms with Gasteiger partial charge in [0.25, 0.3) is 0 Å². The van der Waals surface area contributed by atoms with Crippen LogP contribution in [0.5, 0.6) is 17.2 Å².